The number of carbonyl (C=O) groups excluding carboxylic acids is 1. The van der Waals surface area contributed by atoms with Crippen LogP contribution >= 0.6 is 11.8 Å². The molecular weight excluding hydrogens is 623 g/mol. The molecule has 0 aliphatic heterocycles. The van der Waals surface area contributed by atoms with Gasteiger partial charge in [-0.05, 0) is 105 Å². The van der Waals surface area contributed by atoms with Crippen molar-refractivity contribution in [2.24, 2.45) is 0 Å². The van der Waals surface area contributed by atoms with Gasteiger partial charge in [-0.1, -0.05) is 12.1 Å². The fourth-order valence-electron chi connectivity index (χ4n) is 4.16. The van der Waals surface area contributed by atoms with E-state index >= 15 is 0 Å². The Morgan fingerprint density at radius 2 is 1.34 bits per heavy atom. The molecule has 0 aliphatic carbocycles. The summed E-state index contributed by atoms with van der Waals surface area (Å²) in [6.07, 6.45) is 1.89. The molecule has 4 rings (SSSR count). The van der Waals surface area contributed by atoms with E-state index in [2.05, 4.69) is 10.0 Å². The molecule has 0 aliphatic rings. The number of hydrogen-bond donors (Lipinski definition) is 2. The number of sulfonamides is 2. The fourth-order valence-corrected chi connectivity index (χ4v) is 7.06. The average Bonchev–Trinajstić information content (AvgIpc) is 3.01. The zero-order valence-corrected chi connectivity index (χ0v) is 26.8. The van der Waals surface area contributed by atoms with E-state index in [-0.39, 0.29) is 21.2 Å². The average molecular weight is 656 g/mol. The van der Waals surface area contributed by atoms with Crippen molar-refractivity contribution >= 4 is 54.8 Å². The van der Waals surface area contributed by atoms with Gasteiger partial charge in [-0.3, -0.25) is 13.8 Å². The van der Waals surface area contributed by atoms with Gasteiger partial charge in [0.05, 0.1) is 28.7 Å². The number of carbonyl (C=O) groups is 1. The van der Waals surface area contributed by atoms with Crippen LogP contribution in [-0.4, -0.2) is 48.8 Å². The van der Waals surface area contributed by atoms with E-state index in [1.165, 1.54) is 48.2 Å². The quantitative estimate of drug-likeness (QED) is 0.162. The number of benzene rings is 4. The Morgan fingerprint density at radius 1 is 0.750 bits per heavy atom. The molecule has 44 heavy (non-hydrogen) atoms. The van der Waals surface area contributed by atoms with Crippen molar-refractivity contribution in [1.82, 2.24) is 0 Å². The third-order valence-electron chi connectivity index (χ3n) is 6.23. The van der Waals surface area contributed by atoms with Crippen LogP contribution < -0.4 is 23.8 Å². The number of ether oxygens (including phenoxy) is 2. The summed E-state index contributed by atoms with van der Waals surface area (Å²) in [6, 6.07) is 25.0. The maximum Gasteiger partial charge on any atom is 0.264 e. The van der Waals surface area contributed by atoms with Gasteiger partial charge in [-0.25, -0.2) is 16.8 Å². The van der Waals surface area contributed by atoms with Gasteiger partial charge < -0.3 is 14.8 Å². The summed E-state index contributed by atoms with van der Waals surface area (Å²) in [5.41, 5.74) is 0.859. The molecule has 4 aromatic carbocycles. The second kappa shape index (κ2) is 14.5. The lowest BCUT2D eigenvalue weighted by atomic mass is 10.3. The standard InChI is InChI=1S/C31H33N3O7S3/c1-4-40-25-14-10-24(11-15-25)33-43(36,37)27-18-12-23(13-19-27)32-31(35)22-34(29-8-6-7-9-30(29)41-5-2)44(38,39)28-20-16-26(42-3)17-21-28/h6-21,33H,4-5,22H2,1-3H3,(H,32,35). The number of thioether (sulfide) groups is 1. The Morgan fingerprint density at radius 3 is 1.95 bits per heavy atom. The highest BCUT2D eigenvalue weighted by molar-refractivity contribution is 7.98. The van der Waals surface area contributed by atoms with E-state index in [0.29, 0.717) is 30.4 Å². The number of rotatable bonds is 14. The van der Waals surface area contributed by atoms with Gasteiger partial charge in [0, 0.05) is 16.3 Å². The third kappa shape index (κ3) is 8.04. The molecule has 0 unspecified atom stereocenters. The molecular formula is C31H33N3O7S3. The van der Waals surface area contributed by atoms with Crippen molar-refractivity contribution in [3.8, 4) is 11.5 Å². The number of nitrogens with zero attached hydrogens (tertiary/aromatic N) is 1. The summed E-state index contributed by atoms with van der Waals surface area (Å²) in [5, 5.41) is 2.66. The molecule has 13 heteroatoms. The number of amides is 1. The van der Waals surface area contributed by atoms with Crippen LogP contribution in [0.1, 0.15) is 13.8 Å². The molecule has 0 radical (unpaired) electrons. The Labute approximate surface area is 262 Å². The summed E-state index contributed by atoms with van der Waals surface area (Å²) >= 11 is 1.48. The molecule has 1 amide bonds. The lowest BCUT2D eigenvalue weighted by Gasteiger charge is -2.26. The fraction of sp³-hybridized carbons (Fsp3) is 0.194. The topological polar surface area (TPSA) is 131 Å². The molecule has 4 aromatic rings. The summed E-state index contributed by atoms with van der Waals surface area (Å²) in [5.74, 6) is 0.294. The SMILES string of the molecule is CCOc1ccc(NS(=O)(=O)c2ccc(NC(=O)CN(c3ccccc3OCC)S(=O)(=O)c3ccc(SC)cc3)cc2)cc1. The summed E-state index contributed by atoms with van der Waals surface area (Å²) in [6.45, 7) is 3.86. The lowest BCUT2D eigenvalue weighted by molar-refractivity contribution is -0.114. The zero-order chi connectivity index (χ0) is 31.7. The highest BCUT2D eigenvalue weighted by Crippen LogP contribution is 2.33. The van der Waals surface area contributed by atoms with Crippen LogP contribution in [0.5, 0.6) is 11.5 Å². The minimum absolute atomic E-state index is 0.0176. The molecule has 0 atom stereocenters. The Balaban J connectivity index is 1.54. The molecule has 0 spiro atoms. The normalized spacial score (nSPS) is 11.4. The molecule has 2 N–H and O–H groups in total. The van der Waals surface area contributed by atoms with Crippen molar-refractivity contribution in [1.29, 1.82) is 0 Å². The van der Waals surface area contributed by atoms with E-state index in [0.717, 1.165) is 9.20 Å². The monoisotopic (exact) mass is 655 g/mol. The van der Waals surface area contributed by atoms with Crippen LogP contribution in [0.25, 0.3) is 0 Å². The molecule has 232 valence electrons. The van der Waals surface area contributed by atoms with Crippen molar-refractivity contribution in [3.05, 3.63) is 97.1 Å². The third-order valence-corrected chi connectivity index (χ3v) is 10.1. The zero-order valence-electron chi connectivity index (χ0n) is 24.4. The van der Waals surface area contributed by atoms with Crippen LogP contribution in [0.15, 0.2) is 112 Å². The van der Waals surface area contributed by atoms with Crippen LogP contribution in [-0.2, 0) is 24.8 Å². The first-order valence-corrected chi connectivity index (χ1v) is 17.8. The summed E-state index contributed by atoms with van der Waals surface area (Å²) < 4.78 is 68.0. The second-order valence-corrected chi connectivity index (χ2v) is 13.6. The number of anilines is 3. The van der Waals surface area contributed by atoms with Gasteiger partial charge in [0.15, 0.2) is 0 Å². The predicted octanol–water partition coefficient (Wildman–Crippen LogP) is 5.84. The van der Waals surface area contributed by atoms with Gasteiger partial charge in [0.2, 0.25) is 5.91 Å². The van der Waals surface area contributed by atoms with E-state index in [4.69, 9.17) is 9.47 Å². The van der Waals surface area contributed by atoms with Crippen LogP contribution in [0, 0.1) is 0 Å². The van der Waals surface area contributed by atoms with Gasteiger partial charge in [-0.15, -0.1) is 11.8 Å². The van der Waals surface area contributed by atoms with E-state index in [1.807, 2.05) is 13.2 Å². The first-order valence-electron chi connectivity index (χ1n) is 13.6. The molecule has 0 fully saturated rings. The largest absolute Gasteiger partial charge is 0.494 e. The first kappa shape index (κ1) is 32.7. The summed E-state index contributed by atoms with van der Waals surface area (Å²) in [7, 11) is -8.09. The molecule has 0 aromatic heterocycles. The van der Waals surface area contributed by atoms with Crippen molar-refractivity contribution in [2.45, 2.75) is 28.5 Å². The number of para-hydroxylation sites is 2. The van der Waals surface area contributed by atoms with E-state index in [1.54, 1.807) is 67.6 Å². The minimum atomic E-state index is -4.18. The summed E-state index contributed by atoms with van der Waals surface area (Å²) in [4.78, 5) is 14.1. The van der Waals surface area contributed by atoms with Crippen LogP contribution in [0.4, 0.5) is 17.1 Å². The van der Waals surface area contributed by atoms with Gasteiger partial charge in [0.1, 0.15) is 18.0 Å². The lowest BCUT2D eigenvalue weighted by Crippen LogP contribution is -2.38. The molecule has 0 saturated heterocycles. The van der Waals surface area contributed by atoms with Crippen LogP contribution in [0.3, 0.4) is 0 Å². The minimum Gasteiger partial charge on any atom is -0.494 e. The smallest absolute Gasteiger partial charge is 0.264 e. The molecule has 0 saturated carbocycles. The van der Waals surface area contributed by atoms with Crippen molar-refractivity contribution in [2.75, 3.05) is 40.4 Å². The highest BCUT2D eigenvalue weighted by atomic mass is 32.2. The Bertz CT molecular complexity index is 1780. The van der Waals surface area contributed by atoms with Crippen molar-refractivity contribution in [3.63, 3.8) is 0 Å². The van der Waals surface area contributed by atoms with Crippen molar-refractivity contribution < 1.29 is 31.1 Å². The molecule has 10 nitrogen and oxygen atoms in total. The number of nitrogens with one attached hydrogen (secondary N) is 2. The molecule has 0 heterocycles. The van der Waals surface area contributed by atoms with Crippen LogP contribution in [0.2, 0.25) is 0 Å². The molecule has 0 bridgehead atoms. The predicted molar refractivity (Wildman–Crippen MR) is 174 cm³/mol. The maximum absolute atomic E-state index is 13.8. The van der Waals surface area contributed by atoms with Gasteiger partial charge >= 0.3 is 0 Å². The van der Waals surface area contributed by atoms with E-state index < -0.39 is 32.5 Å². The highest BCUT2D eigenvalue weighted by Gasteiger charge is 2.29. The second-order valence-electron chi connectivity index (χ2n) is 9.22. The van der Waals surface area contributed by atoms with E-state index in [9.17, 15) is 21.6 Å². The first-order chi connectivity index (χ1) is 21.1. The Kier molecular flexibility index (Phi) is 10.8. The maximum atomic E-state index is 13.8. The number of hydrogen-bond acceptors (Lipinski definition) is 8. The Hall–Kier alpha value is -4.20. The van der Waals surface area contributed by atoms with Gasteiger partial charge in [0.25, 0.3) is 20.0 Å². The van der Waals surface area contributed by atoms with Gasteiger partial charge in [-0.2, -0.15) is 0 Å².